The molecule has 8 heteroatoms. The maximum absolute atomic E-state index is 12.2. The number of hydrogen-bond donors (Lipinski definition) is 1. The van der Waals surface area contributed by atoms with E-state index >= 15 is 0 Å². The summed E-state index contributed by atoms with van der Waals surface area (Å²) in [4.78, 5) is 6.22. The number of piperazine rings is 1. The van der Waals surface area contributed by atoms with Crippen molar-refractivity contribution in [3.8, 4) is 0 Å². The zero-order valence-corrected chi connectivity index (χ0v) is 14.3. The van der Waals surface area contributed by atoms with Crippen molar-refractivity contribution in [1.29, 1.82) is 0 Å². The van der Waals surface area contributed by atoms with Crippen LogP contribution in [0.5, 0.6) is 0 Å². The van der Waals surface area contributed by atoms with Crippen molar-refractivity contribution < 1.29 is 12.9 Å². The van der Waals surface area contributed by atoms with Crippen LogP contribution in [0.3, 0.4) is 0 Å². The lowest BCUT2D eigenvalue weighted by Gasteiger charge is -2.25. The van der Waals surface area contributed by atoms with Crippen LogP contribution in [0.2, 0.25) is 0 Å². The molecule has 0 atom stereocenters. The molecular weight excluding hydrogens is 328 g/mol. The molecule has 24 heavy (non-hydrogen) atoms. The molecule has 2 aromatic rings. The first-order valence-electron chi connectivity index (χ1n) is 8.15. The molecule has 7 nitrogen and oxygen atoms in total. The molecule has 0 radical (unpaired) electrons. The largest absolute Gasteiger partial charge is 0.336 e. The minimum absolute atomic E-state index is 0.118. The zero-order chi connectivity index (χ0) is 16.8. The summed E-state index contributed by atoms with van der Waals surface area (Å²) in [7, 11) is -3.25. The lowest BCUT2D eigenvalue weighted by Crippen LogP contribution is -2.44. The Morgan fingerprint density at radius 2 is 1.92 bits per heavy atom. The first-order chi connectivity index (χ1) is 11.6. The summed E-state index contributed by atoms with van der Waals surface area (Å²) in [6, 6.07) is 9.88. The van der Waals surface area contributed by atoms with Crippen molar-refractivity contribution in [3.63, 3.8) is 0 Å². The maximum Gasteiger partial charge on any atom is 0.266 e. The van der Waals surface area contributed by atoms with Crippen LogP contribution in [0.15, 0.2) is 34.9 Å². The number of anilines is 1. The van der Waals surface area contributed by atoms with Gasteiger partial charge in [0.05, 0.1) is 5.75 Å². The van der Waals surface area contributed by atoms with Crippen molar-refractivity contribution >= 4 is 15.8 Å². The van der Waals surface area contributed by atoms with Crippen LogP contribution in [0, 0.1) is 0 Å². The van der Waals surface area contributed by atoms with Crippen molar-refractivity contribution in [1.82, 2.24) is 15.5 Å². The summed E-state index contributed by atoms with van der Waals surface area (Å²) in [5.41, 5.74) is 1.14. The Balaban J connectivity index is 1.51. The van der Waals surface area contributed by atoms with E-state index in [2.05, 4.69) is 15.5 Å². The van der Waals surface area contributed by atoms with Crippen molar-refractivity contribution in [2.24, 2.45) is 0 Å². The first kappa shape index (κ1) is 16.9. The molecule has 0 bridgehead atoms. The maximum atomic E-state index is 12.2. The van der Waals surface area contributed by atoms with Gasteiger partial charge in [-0.2, -0.15) is 4.98 Å². The molecule has 0 saturated carbocycles. The Labute approximate surface area is 142 Å². The summed E-state index contributed by atoms with van der Waals surface area (Å²) in [5, 5.41) is 7.14. The summed E-state index contributed by atoms with van der Waals surface area (Å²) < 4.78 is 29.6. The number of aromatic nitrogens is 2. The zero-order valence-electron chi connectivity index (χ0n) is 13.5. The predicted octanol–water partition coefficient (Wildman–Crippen LogP) is 1.03. The van der Waals surface area contributed by atoms with E-state index in [1.165, 1.54) is 0 Å². The molecule has 2 heterocycles. The monoisotopic (exact) mass is 350 g/mol. The highest BCUT2D eigenvalue weighted by atomic mass is 32.2. The number of sulfone groups is 1. The van der Waals surface area contributed by atoms with E-state index in [0.717, 1.165) is 38.2 Å². The molecule has 1 saturated heterocycles. The topological polar surface area (TPSA) is 88.3 Å². The number of nitrogens with one attached hydrogen (secondary N) is 1. The Kier molecular flexibility index (Phi) is 5.47. The van der Waals surface area contributed by atoms with Crippen LogP contribution >= 0.6 is 0 Å². The van der Waals surface area contributed by atoms with E-state index in [0.29, 0.717) is 12.4 Å². The van der Waals surface area contributed by atoms with Gasteiger partial charge in [0.1, 0.15) is 5.75 Å². The van der Waals surface area contributed by atoms with E-state index in [1.807, 2.05) is 35.2 Å². The van der Waals surface area contributed by atoms with Gasteiger partial charge < -0.3 is 14.7 Å². The van der Waals surface area contributed by atoms with Gasteiger partial charge in [-0.1, -0.05) is 30.3 Å². The fourth-order valence-corrected chi connectivity index (χ4v) is 3.92. The summed E-state index contributed by atoms with van der Waals surface area (Å²) >= 11 is 0. The number of benzene rings is 1. The highest BCUT2D eigenvalue weighted by Crippen LogP contribution is 2.13. The Morgan fingerprint density at radius 1 is 1.17 bits per heavy atom. The lowest BCUT2D eigenvalue weighted by atomic mass is 10.1. The summed E-state index contributed by atoms with van der Waals surface area (Å²) in [6.45, 7) is 3.31. The SMILES string of the molecule is O=S(=O)(CCCc1ccccc1)Cc1nc(N2CCNCC2)no1. The van der Waals surface area contributed by atoms with E-state index in [4.69, 9.17) is 4.52 Å². The smallest absolute Gasteiger partial charge is 0.266 e. The fourth-order valence-electron chi connectivity index (χ4n) is 2.70. The third-order valence-electron chi connectivity index (χ3n) is 3.96. The second-order valence-electron chi connectivity index (χ2n) is 5.91. The van der Waals surface area contributed by atoms with Gasteiger partial charge in [0.15, 0.2) is 9.84 Å². The van der Waals surface area contributed by atoms with Gasteiger partial charge in [0.2, 0.25) is 5.89 Å². The van der Waals surface area contributed by atoms with Crippen LogP contribution in [0.25, 0.3) is 0 Å². The number of rotatable bonds is 7. The van der Waals surface area contributed by atoms with Gasteiger partial charge in [-0.3, -0.25) is 0 Å². The van der Waals surface area contributed by atoms with Crippen LogP contribution in [0.4, 0.5) is 5.95 Å². The molecule has 0 amide bonds. The van der Waals surface area contributed by atoms with Crippen LogP contribution in [-0.2, 0) is 22.0 Å². The standard InChI is InChI=1S/C16H22N4O3S/c21-24(22,12-4-7-14-5-2-1-3-6-14)13-15-18-16(19-23-15)20-10-8-17-9-11-20/h1-3,5-6,17H,4,7-13H2. The van der Waals surface area contributed by atoms with E-state index in [1.54, 1.807) is 0 Å². The average molecular weight is 350 g/mol. The summed E-state index contributed by atoms with van der Waals surface area (Å²) in [6.07, 6.45) is 1.33. The second-order valence-corrected chi connectivity index (χ2v) is 8.09. The molecule has 3 rings (SSSR count). The van der Waals surface area contributed by atoms with Gasteiger partial charge >= 0.3 is 0 Å². The van der Waals surface area contributed by atoms with Crippen molar-refractivity contribution in [2.45, 2.75) is 18.6 Å². The quantitative estimate of drug-likeness (QED) is 0.798. The molecular formula is C16H22N4O3S. The molecule has 130 valence electrons. The second kappa shape index (κ2) is 7.76. The Morgan fingerprint density at radius 3 is 2.67 bits per heavy atom. The van der Waals surface area contributed by atoms with Gasteiger partial charge in [-0.05, 0) is 23.6 Å². The Hall–Kier alpha value is -1.93. The van der Waals surface area contributed by atoms with E-state index in [9.17, 15) is 8.42 Å². The van der Waals surface area contributed by atoms with E-state index < -0.39 is 9.84 Å². The van der Waals surface area contributed by atoms with Gasteiger partial charge in [-0.25, -0.2) is 8.42 Å². The van der Waals surface area contributed by atoms with Crippen LogP contribution in [-0.4, -0.2) is 50.5 Å². The molecule has 1 N–H and O–H groups in total. The lowest BCUT2D eigenvalue weighted by molar-refractivity contribution is 0.386. The minimum Gasteiger partial charge on any atom is -0.336 e. The molecule has 1 aromatic heterocycles. The fraction of sp³-hybridized carbons (Fsp3) is 0.500. The van der Waals surface area contributed by atoms with Crippen molar-refractivity contribution in [3.05, 3.63) is 41.8 Å². The van der Waals surface area contributed by atoms with E-state index in [-0.39, 0.29) is 17.4 Å². The van der Waals surface area contributed by atoms with Crippen LogP contribution in [0.1, 0.15) is 17.9 Å². The molecule has 0 aliphatic carbocycles. The average Bonchev–Trinajstić information content (AvgIpc) is 3.04. The first-order valence-corrected chi connectivity index (χ1v) is 9.97. The molecule has 1 fully saturated rings. The number of hydrogen-bond acceptors (Lipinski definition) is 7. The van der Waals surface area contributed by atoms with Gasteiger partial charge in [0, 0.05) is 26.2 Å². The third-order valence-corrected chi connectivity index (χ3v) is 5.56. The highest BCUT2D eigenvalue weighted by Gasteiger charge is 2.20. The van der Waals surface area contributed by atoms with Crippen LogP contribution < -0.4 is 10.2 Å². The molecule has 1 aromatic carbocycles. The minimum atomic E-state index is -3.25. The molecule has 0 unspecified atom stereocenters. The Bertz CT molecular complexity index is 740. The molecule has 1 aliphatic heterocycles. The van der Waals surface area contributed by atoms with Gasteiger partial charge in [0.25, 0.3) is 5.95 Å². The van der Waals surface area contributed by atoms with Gasteiger partial charge in [-0.15, -0.1) is 0 Å². The molecule has 1 aliphatic rings. The predicted molar refractivity (Wildman–Crippen MR) is 91.6 cm³/mol. The molecule has 0 spiro atoms. The normalized spacial score (nSPS) is 15.6. The number of nitrogens with zero attached hydrogens (tertiary/aromatic N) is 3. The third kappa shape index (κ3) is 4.78. The number of aryl methyl sites for hydroxylation is 1. The highest BCUT2D eigenvalue weighted by molar-refractivity contribution is 7.90. The van der Waals surface area contributed by atoms with Crippen molar-refractivity contribution in [2.75, 3.05) is 36.8 Å². The summed E-state index contributed by atoms with van der Waals surface area (Å²) in [5.74, 6) is 0.572.